The molecule has 1 atom stereocenters. The number of urea groups is 1. The number of fused-ring (bicyclic) bond motifs is 1. The normalized spacial score (nSPS) is 18.2. The number of aliphatic hydroxyl groups excluding tert-OH is 1. The number of anilines is 1. The molecule has 2 heterocycles. The monoisotopic (exact) mass is 322 g/mol. The van der Waals surface area contributed by atoms with Crippen molar-refractivity contribution in [3.8, 4) is 0 Å². The van der Waals surface area contributed by atoms with E-state index in [4.69, 9.17) is 16.0 Å². The topological polar surface area (TPSA) is 65.7 Å². The molecule has 2 amide bonds. The highest BCUT2D eigenvalue weighted by Gasteiger charge is 2.25. The number of benzene rings is 1. The van der Waals surface area contributed by atoms with Crippen molar-refractivity contribution < 1.29 is 14.3 Å². The molecule has 1 aromatic carbocycles. The number of amides is 2. The predicted octanol–water partition coefficient (Wildman–Crippen LogP) is 3.56. The maximum Gasteiger partial charge on any atom is 0.321 e. The molecule has 2 N–H and O–H groups in total. The van der Waals surface area contributed by atoms with E-state index < -0.39 is 6.10 Å². The van der Waals surface area contributed by atoms with Crippen molar-refractivity contribution in [1.82, 2.24) is 4.90 Å². The zero-order valence-corrected chi connectivity index (χ0v) is 13.4. The molecule has 1 fully saturated rings. The largest absolute Gasteiger partial charge is 0.459 e. The molecule has 0 radical (unpaired) electrons. The Kier molecular flexibility index (Phi) is 4.02. The molecule has 2 aromatic rings. The van der Waals surface area contributed by atoms with E-state index in [0.717, 1.165) is 23.1 Å². The van der Waals surface area contributed by atoms with Gasteiger partial charge in [0.15, 0.2) is 5.58 Å². The summed E-state index contributed by atoms with van der Waals surface area (Å²) in [6.07, 6.45) is 0.984. The van der Waals surface area contributed by atoms with E-state index in [1.165, 1.54) is 0 Å². The summed E-state index contributed by atoms with van der Waals surface area (Å²) in [5.41, 5.74) is 2.34. The van der Waals surface area contributed by atoms with Crippen molar-refractivity contribution in [1.29, 1.82) is 0 Å². The zero-order chi connectivity index (χ0) is 15.9. The molecule has 0 aliphatic carbocycles. The van der Waals surface area contributed by atoms with Crippen molar-refractivity contribution in [2.24, 2.45) is 0 Å². The number of carbonyl (C=O) groups is 1. The Bertz CT molecular complexity index is 726. The van der Waals surface area contributed by atoms with Gasteiger partial charge in [-0.3, -0.25) is 0 Å². The van der Waals surface area contributed by atoms with Gasteiger partial charge in [0, 0.05) is 30.6 Å². The molecule has 0 unspecified atom stereocenters. The van der Waals surface area contributed by atoms with Crippen LogP contribution in [0.4, 0.5) is 10.5 Å². The highest BCUT2D eigenvalue weighted by Crippen LogP contribution is 2.34. The second-order valence-corrected chi connectivity index (χ2v) is 6.06. The van der Waals surface area contributed by atoms with Gasteiger partial charge in [-0.1, -0.05) is 18.5 Å². The van der Waals surface area contributed by atoms with Crippen molar-refractivity contribution in [2.45, 2.75) is 32.8 Å². The third kappa shape index (κ3) is 2.66. The predicted molar refractivity (Wildman–Crippen MR) is 86.6 cm³/mol. The first-order valence-corrected chi connectivity index (χ1v) is 7.83. The van der Waals surface area contributed by atoms with Crippen molar-refractivity contribution in [3.63, 3.8) is 0 Å². The van der Waals surface area contributed by atoms with Crippen LogP contribution >= 0.6 is 11.6 Å². The summed E-state index contributed by atoms with van der Waals surface area (Å²) in [5.74, 6) is 0.906. The summed E-state index contributed by atoms with van der Waals surface area (Å²) in [6, 6.07) is 3.35. The van der Waals surface area contributed by atoms with E-state index in [2.05, 4.69) is 5.32 Å². The fourth-order valence-corrected chi connectivity index (χ4v) is 3.12. The number of β-amino-alcohol motifs (C(OH)–C–C–N with tert-alkyl or cyclic N) is 1. The Balaban J connectivity index is 1.88. The molecule has 0 saturated carbocycles. The lowest BCUT2D eigenvalue weighted by Crippen LogP contribution is -2.33. The number of likely N-dealkylation sites (tertiary alicyclic amines) is 1. The van der Waals surface area contributed by atoms with Crippen LogP contribution < -0.4 is 5.32 Å². The molecule has 118 valence electrons. The molecule has 22 heavy (non-hydrogen) atoms. The van der Waals surface area contributed by atoms with Gasteiger partial charge in [-0.15, -0.1) is 0 Å². The molecule has 6 heteroatoms. The number of nitrogens with one attached hydrogen (secondary N) is 1. The number of hydrogen-bond donors (Lipinski definition) is 2. The van der Waals surface area contributed by atoms with E-state index in [1.807, 2.05) is 19.9 Å². The van der Waals surface area contributed by atoms with Crippen LogP contribution in [0.5, 0.6) is 0 Å². The number of rotatable bonds is 2. The lowest BCUT2D eigenvalue weighted by atomic mass is 10.1. The van der Waals surface area contributed by atoms with Crippen LogP contribution in [0.2, 0.25) is 5.02 Å². The number of nitrogens with zero attached hydrogens (tertiary/aromatic N) is 1. The second kappa shape index (κ2) is 5.82. The Hall–Kier alpha value is -1.72. The fraction of sp³-hybridized carbons (Fsp3) is 0.438. The Morgan fingerprint density at radius 1 is 1.55 bits per heavy atom. The standard InChI is InChI=1S/C16H19ClN2O3/c1-3-14-9(2)12-6-10(7-13(17)15(12)22-14)18-16(21)19-5-4-11(20)8-19/h6-7,11,20H,3-5,8H2,1-2H3,(H,18,21)/t11-/m1/s1. The Morgan fingerprint density at radius 2 is 2.32 bits per heavy atom. The van der Waals surface area contributed by atoms with E-state index >= 15 is 0 Å². The highest BCUT2D eigenvalue weighted by molar-refractivity contribution is 6.35. The maximum atomic E-state index is 12.2. The van der Waals surface area contributed by atoms with Crippen molar-refractivity contribution in [3.05, 3.63) is 28.5 Å². The molecule has 0 bridgehead atoms. The van der Waals surface area contributed by atoms with Gasteiger partial charge < -0.3 is 19.7 Å². The minimum absolute atomic E-state index is 0.219. The number of aryl methyl sites for hydroxylation is 2. The van der Waals surface area contributed by atoms with Gasteiger partial charge in [-0.05, 0) is 31.0 Å². The zero-order valence-electron chi connectivity index (χ0n) is 12.6. The molecule has 1 saturated heterocycles. The molecule has 5 nitrogen and oxygen atoms in total. The van der Waals surface area contributed by atoms with Gasteiger partial charge in [-0.2, -0.15) is 0 Å². The summed E-state index contributed by atoms with van der Waals surface area (Å²) >= 11 is 6.27. The van der Waals surface area contributed by atoms with Crippen molar-refractivity contribution in [2.75, 3.05) is 18.4 Å². The lowest BCUT2D eigenvalue weighted by Gasteiger charge is -2.16. The third-order valence-corrected chi connectivity index (χ3v) is 4.39. The van der Waals surface area contributed by atoms with Crippen LogP contribution in [-0.2, 0) is 6.42 Å². The number of aliphatic hydroxyl groups is 1. The minimum Gasteiger partial charge on any atom is -0.459 e. The smallest absolute Gasteiger partial charge is 0.321 e. The molecule has 1 aliphatic rings. The number of furan rings is 1. The van der Waals surface area contributed by atoms with E-state index in [0.29, 0.717) is 35.8 Å². The minimum atomic E-state index is -0.431. The summed E-state index contributed by atoms with van der Waals surface area (Å²) in [6.45, 7) is 4.95. The number of halogens is 1. The SMILES string of the molecule is CCc1oc2c(Cl)cc(NC(=O)N3CC[C@@H](O)C3)cc2c1C. The first-order valence-electron chi connectivity index (χ1n) is 7.45. The average molecular weight is 323 g/mol. The number of hydrogen-bond acceptors (Lipinski definition) is 3. The summed E-state index contributed by atoms with van der Waals surface area (Å²) in [4.78, 5) is 13.8. The Morgan fingerprint density at radius 3 is 2.95 bits per heavy atom. The summed E-state index contributed by atoms with van der Waals surface area (Å²) in [7, 11) is 0. The highest BCUT2D eigenvalue weighted by atomic mass is 35.5. The van der Waals surface area contributed by atoms with Crippen LogP contribution in [-0.4, -0.2) is 35.2 Å². The first kappa shape index (κ1) is 15.2. The van der Waals surface area contributed by atoms with Gasteiger partial charge in [0.1, 0.15) is 5.76 Å². The van der Waals surface area contributed by atoms with Crippen molar-refractivity contribution >= 4 is 34.3 Å². The van der Waals surface area contributed by atoms with Gasteiger partial charge in [0.25, 0.3) is 0 Å². The van der Waals surface area contributed by atoms with Crippen LogP contribution in [0.15, 0.2) is 16.5 Å². The molecule has 1 aromatic heterocycles. The maximum absolute atomic E-state index is 12.2. The Labute approximate surface area is 133 Å². The molecule has 1 aliphatic heterocycles. The number of carbonyl (C=O) groups excluding carboxylic acids is 1. The molecular formula is C16H19ClN2O3. The summed E-state index contributed by atoms with van der Waals surface area (Å²) < 4.78 is 5.76. The van der Waals surface area contributed by atoms with Gasteiger partial charge in [-0.25, -0.2) is 4.79 Å². The van der Waals surface area contributed by atoms with Crippen LogP contribution in [0, 0.1) is 6.92 Å². The fourth-order valence-electron chi connectivity index (χ4n) is 2.86. The van der Waals surface area contributed by atoms with E-state index in [1.54, 1.807) is 11.0 Å². The van der Waals surface area contributed by atoms with Crippen LogP contribution in [0.1, 0.15) is 24.7 Å². The molecule has 3 rings (SSSR count). The van der Waals surface area contributed by atoms with Crippen LogP contribution in [0.25, 0.3) is 11.0 Å². The lowest BCUT2D eigenvalue weighted by molar-refractivity contribution is 0.176. The molecule has 0 spiro atoms. The quantitative estimate of drug-likeness (QED) is 0.888. The van der Waals surface area contributed by atoms with Crippen LogP contribution in [0.3, 0.4) is 0 Å². The van der Waals surface area contributed by atoms with E-state index in [9.17, 15) is 9.90 Å². The van der Waals surface area contributed by atoms with E-state index in [-0.39, 0.29) is 6.03 Å². The third-order valence-electron chi connectivity index (χ3n) is 4.11. The van der Waals surface area contributed by atoms with Gasteiger partial charge in [0.05, 0.1) is 11.1 Å². The van der Waals surface area contributed by atoms with Gasteiger partial charge >= 0.3 is 6.03 Å². The second-order valence-electron chi connectivity index (χ2n) is 5.66. The first-order chi connectivity index (χ1) is 10.5. The molecular weight excluding hydrogens is 304 g/mol. The average Bonchev–Trinajstić information content (AvgIpc) is 3.04. The van der Waals surface area contributed by atoms with Gasteiger partial charge in [0.2, 0.25) is 0 Å². The summed E-state index contributed by atoms with van der Waals surface area (Å²) in [5, 5.41) is 13.8.